The minimum absolute atomic E-state index is 0.0546. The molecule has 1 aliphatic rings. The molecule has 0 spiro atoms. The maximum Gasteiger partial charge on any atom is 0.270 e. The van der Waals surface area contributed by atoms with Crippen LogP contribution in [-0.4, -0.2) is 41.7 Å². The Balaban J connectivity index is 1.70. The summed E-state index contributed by atoms with van der Waals surface area (Å²) in [5, 5.41) is 17.0. The molecule has 1 amide bonds. The molecule has 1 aromatic carbocycles. The first-order chi connectivity index (χ1) is 11.1. The summed E-state index contributed by atoms with van der Waals surface area (Å²) in [6.45, 7) is 1.45. The number of halogens is 2. The van der Waals surface area contributed by atoms with Gasteiger partial charge in [0.2, 0.25) is 0 Å². The van der Waals surface area contributed by atoms with E-state index in [-0.39, 0.29) is 22.2 Å². The van der Waals surface area contributed by atoms with Crippen LogP contribution in [0.1, 0.15) is 10.5 Å². The molecule has 0 radical (unpaired) electrons. The average molecular weight is 339 g/mol. The predicted octanol–water partition coefficient (Wildman–Crippen LogP) is 1.40. The third kappa shape index (κ3) is 3.39. The lowest BCUT2D eigenvalue weighted by Crippen LogP contribution is -2.34. The lowest BCUT2D eigenvalue weighted by molar-refractivity contribution is 0.0923. The lowest BCUT2D eigenvalue weighted by Gasteiger charge is -2.13. The zero-order chi connectivity index (χ0) is 16.4. The summed E-state index contributed by atoms with van der Waals surface area (Å²) in [6, 6.07) is 3.57. The van der Waals surface area contributed by atoms with Crippen molar-refractivity contribution in [2.75, 3.05) is 19.6 Å². The summed E-state index contributed by atoms with van der Waals surface area (Å²) in [6.07, 6.45) is -0.492. The van der Waals surface area contributed by atoms with Crippen LogP contribution >= 0.6 is 11.3 Å². The molecule has 1 aromatic heterocycles. The number of thiazole rings is 1. The normalized spacial score (nSPS) is 20.7. The van der Waals surface area contributed by atoms with Gasteiger partial charge in [0, 0.05) is 30.9 Å². The van der Waals surface area contributed by atoms with Gasteiger partial charge in [-0.3, -0.25) is 4.79 Å². The molecule has 8 heteroatoms. The van der Waals surface area contributed by atoms with Gasteiger partial charge in [-0.05, 0) is 12.1 Å². The van der Waals surface area contributed by atoms with Gasteiger partial charge < -0.3 is 15.7 Å². The fraction of sp³-hybridized carbons (Fsp3) is 0.333. The Kier molecular flexibility index (Phi) is 4.65. The van der Waals surface area contributed by atoms with E-state index < -0.39 is 23.6 Å². The Morgan fingerprint density at radius 1 is 1.39 bits per heavy atom. The molecule has 5 nitrogen and oxygen atoms in total. The Morgan fingerprint density at radius 3 is 2.78 bits per heavy atom. The highest BCUT2D eigenvalue weighted by atomic mass is 32.1. The second-order valence-corrected chi connectivity index (χ2v) is 6.19. The van der Waals surface area contributed by atoms with Gasteiger partial charge >= 0.3 is 0 Å². The number of β-amino-alcohol motifs (C(OH)–C–C–N with tert-alkyl or cyclic N) is 1. The van der Waals surface area contributed by atoms with Crippen molar-refractivity contribution in [3.8, 4) is 10.6 Å². The van der Waals surface area contributed by atoms with Crippen LogP contribution in [0.25, 0.3) is 10.6 Å². The van der Waals surface area contributed by atoms with E-state index in [4.69, 9.17) is 0 Å². The average Bonchev–Trinajstić information content (AvgIpc) is 3.14. The van der Waals surface area contributed by atoms with Crippen LogP contribution < -0.4 is 10.6 Å². The zero-order valence-corrected chi connectivity index (χ0v) is 12.9. The third-order valence-corrected chi connectivity index (χ3v) is 4.60. The zero-order valence-electron chi connectivity index (χ0n) is 12.1. The second kappa shape index (κ2) is 6.69. The standard InChI is InChI=1S/C15H15F2N3O2S/c16-9-2-1-3-10(17)13(9)15-20-11(7-23-15)14(22)19-5-8-4-18-6-12(8)21/h1-3,7-8,12,18,21H,4-6H2,(H,19,22)/t8-,12-/m1/s1. The number of hydrogen-bond acceptors (Lipinski definition) is 5. The summed E-state index contributed by atoms with van der Waals surface area (Å²) in [5.41, 5.74) is -0.125. The third-order valence-electron chi connectivity index (χ3n) is 3.74. The van der Waals surface area contributed by atoms with Gasteiger partial charge in [0.15, 0.2) is 0 Å². The van der Waals surface area contributed by atoms with Gasteiger partial charge in [0.05, 0.1) is 11.7 Å². The van der Waals surface area contributed by atoms with Gasteiger partial charge in [0.25, 0.3) is 5.91 Å². The molecule has 2 atom stereocenters. The minimum atomic E-state index is -0.716. The van der Waals surface area contributed by atoms with Crippen LogP contribution in [0, 0.1) is 17.6 Å². The van der Waals surface area contributed by atoms with E-state index in [1.807, 2.05) is 0 Å². The van der Waals surface area contributed by atoms with Crippen molar-refractivity contribution in [1.29, 1.82) is 0 Å². The molecule has 23 heavy (non-hydrogen) atoms. The number of amides is 1. The predicted molar refractivity (Wildman–Crippen MR) is 82.2 cm³/mol. The van der Waals surface area contributed by atoms with Crippen LogP contribution in [0.5, 0.6) is 0 Å². The molecular formula is C15H15F2N3O2S. The first kappa shape index (κ1) is 16.0. The van der Waals surface area contributed by atoms with Crippen molar-refractivity contribution in [3.05, 3.63) is 40.9 Å². The molecule has 0 saturated carbocycles. The Hall–Kier alpha value is -1.90. The fourth-order valence-electron chi connectivity index (χ4n) is 2.44. The van der Waals surface area contributed by atoms with Crippen LogP contribution in [0.4, 0.5) is 8.78 Å². The van der Waals surface area contributed by atoms with Crippen LogP contribution in [0.15, 0.2) is 23.6 Å². The van der Waals surface area contributed by atoms with Gasteiger partial charge in [-0.2, -0.15) is 0 Å². The maximum atomic E-state index is 13.7. The Morgan fingerprint density at radius 2 is 2.13 bits per heavy atom. The summed E-state index contributed by atoms with van der Waals surface area (Å²) < 4.78 is 27.5. The summed E-state index contributed by atoms with van der Waals surface area (Å²) in [4.78, 5) is 16.1. The second-order valence-electron chi connectivity index (χ2n) is 5.33. The number of benzene rings is 1. The van der Waals surface area contributed by atoms with E-state index in [9.17, 15) is 18.7 Å². The van der Waals surface area contributed by atoms with Crippen molar-refractivity contribution >= 4 is 17.2 Å². The molecule has 3 N–H and O–H groups in total. The molecule has 2 heterocycles. The molecule has 0 aliphatic carbocycles. The molecule has 1 saturated heterocycles. The molecule has 0 bridgehead atoms. The van der Waals surface area contributed by atoms with E-state index in [0.29, 0.717) is 19.6 Å². The number of aliphatic hydroxyl groups excluding tert-OH is 1. The van der Waals surface area contributed by atoms with E-state index in [2.05, 4.69) is 15.6 Å². The molecular weight excluding hydrogens is 324 g/mol. The molecule has 3 rings (SSSR count). The summed E-state index contributed by atoms with van der Waals surface area (Å²) in [5.74, 6) is -1.91. The van der Waals surface area contributed by atoms with Crippen molar-refractivity contribution in [2.24, 2.45) is 5.92 Å². The van der Waals surface area contributed by atoms with Gasteiger partial charge in [-0.15, -0.1) is 11.3 Å². The summed E-state index contributed by atoms with van der Waals surface area (Å²) >= 11 is 1.00. The van der Waals surface area contributed by atoms with E-state index in [1.54, 1.807) is 0 Å². The highest BCUT2D eigenvalue weighted by Gasteiger charge is 2.25. The van der Waals surface area contributed by atoms with Gasteiger partial charge in [0.1, 0.15) is 22.3 Å². The van der Waals surface area contributed by atoms with Gasteiger partial charge in [-0.25, -0.2) is 13.8 Å². The van der Waals surface area contributed by atoms with Crippen LogP contribution in [0.2, 0.25) is 0 Å². The van der Waals surface area contributed by atoms with Crippen LogP contribution in [0.3, 0.4) is 0 Å². The first-order valence-electron chi connectivity index (χ1n) is 7.13. The summed E-state index contributed by atoms with van der Waals surface area (Å²) in [7, 11) is 0. The van der Waals surface area contributed by atoms with Gasteiger partial charge in [-0.1, -0.05) is 6.07 Å². The number of carbonyl (C=O) groups is 1. The molecule has 122 valence electrons. The number of aromatic nitrogens is 1. The fourth-order valence-corrected chi connectivity index (χ4v) is 3.28. The quantitative estimate of drug-likeness (QED) is 0.787. The molecule has 0 unspecified atom stereocenters. The maximum absolute atomic E-state index is 13.7. The monoisotopic (exact) mass is 339 g/mol. The Labute approximate surface area is 135 Å². The Bertz CT molecular complexity index is 702. The molecule has 1 fully saturated rings. The van der Waals surface area contributed by atoms with E-state index in [0.717, 1.165) is 23.5 Å². The number of carbonyl (C=O) groups excluding carboxylic acids is 1. The van der Waals surface area contributed by atoms with E-state index in [1.165, 1.54) is 11.4 Å². The molecule has 1 aliphatic heterocycles. The minimum Gasteiger partial charge on any atom is -0.391 e. The van der Waals surface area contributed by atoms with Crippen molar-refractivity contribution < 1.29 is 18.7 Å². The number of nitrogens with one attached hydrogen (secondary N) is 2. The number of aliphatic hydroxyl groups is 1. The number of rotatable bonds is 4. The van der Waals surface area contributed by atoms with Crippen LogP contribution in [-0.2, 0) is 0 Å². The first-order valence-corrected chi connectivity index (χ1v) is 8.01. The largest absolute Gasteiger partial charge is 0.391 e. The topological polar surface area (TPSA) is 74.2 Å². The highest BCUT2D eigenvalue weighted by Crippen LogP contribution is 2.28. The number of hydrogen-bond donors (Lipinski definition) is 3. The smallest absolute Gasteiger partial charge is 0.270 e. The van der Waals surface area contributed by atoms with Crippen molar-refractivity contribution in [3.63, 3.8) is 0 Å². The lowest BCUT2D eigenvalue weighted by atomic mass is 10.1. The van der Waals surface area contributed by atoms with E-state index >= 15 is 0 Å². The van der Waals surface area contributed by atoms with Crippen molar-refractivity contribution in [1.82, 2.24) is 15.6 Å². The number of nitrogens with zero attached hydrogens (tertiary/aromatic N) is 1. The highest BCUT2D eigenvalue weighted by molar-refractivity contribution is 7.13. The molecule has 2 aromatic rings. The van der Waals surface area contributed by atoms with Crippen molar-refractivity contribution in [2.45, 2.75) is 6.10 Å². The SMILES string of the molecule is O=C(NC[C@H]1CNC[C@H]1O)c1csc(-c2c(F)cccc2F)n1.